The number of carbonyl (C=O) groups excluding carboxylic acids is 2. The fourth-order valence-corrected chi connectivity index (χ4v) is 6.24. The molecule has 0 aliphatic carbocycles. The number of aliphatic hydroxyl groups is 1. The third kappa shape index (κ3) is 4.21. The van der Waals surface area contributed by atoms with Crippen LogP contribution in [0.4, 0.5) is 0 Å². The highest BCUT2D eigenvalue weighted by Crippen LogP contribution is 2.43. The van der Waals surface area contributed by atoms with Crippen LogP contribution in [0.25, 0.3) is 16.9 Å². The molecule has 1 unspecified atom stereocenters. The van der Waals surface area contributed by atoms with Crippen LogP contribution in [0.5, 0.6) is 0 Å². The molecule has 186 valence electrons. The molecule has 3 aliphatic heterocycles. The number of aliphatic hydroxyl groups excluding tert-OH is 1. The van der Waals surface area contributed by atoms with Crippen molar-refractivity contribution in [2.75, 3.05) is 39.4 Å². The van der Waals surface area contributed by atoms with Gasteiger partial charge in [-0.3, -0.25) is 9.59 Å². The topological polar surface area (TPSA) is 87.9 Å². The molecule has 2 aromatic carbocycles. The van der Waals surface area contributed by atoms with Crippen molar-refractivity contribution < 1.29 is 19.4 Å². The number of rotatable bonds is 3. The number of carbonyl (C=O) groups is 2. The van der Waals surface area contributed by atoms with E-state index in [1.165, 1.54) is 0 Å². The number of benzene rings is 2. The van der Waals surface area contributed by atoms with Crippen LogP contribution < -0.4 is 0 Å². The van der Waals surface area contributed by atoms with E-state index in [1.54, 1.807) is 22.7 Å². The summed E-state index contributed by atoms with van der Waals surface area (Å²) < 4.78 is 7.26. The highest BCUT2D eigenvalue weighted by Gasteiger charge is 2.32. The minimum absolute atomic E-state index is 0.0807. The molecule has 3 aliphatic rings. The van der Waals surface area contributed by atoms with Crippen LogP contribution in [0, 0.1) is 0 Å². The Labute approximate surface area is 213 Å². The molecule has 3 aromatic rings. The lowest BCUT2D eigenvalue weighted by Crippen LogP contribution is -2.42. The van der Waals surface area contributed by atoms with Crippen molar-refractivity contribution in [1.29, 1.82) is 0 Å². The number of hydrogen-bond donors (Lipinski definition) is 1. The Kier molecular flexibility index (Phi) is 6.29. The summed E-state index contributed by atoms with van der Waals surface area (Å²) in [6.45, 7) is 3.15. The second-order valence-electron chi connectivity index (χ2n) is 9.37. The Morgan fingerprint density at radius 3 is 2.67 bits per heavy atom. The Hall–Kier alpha value is -3.14. The first-order valence-electron chi connectivity index (χ1n) is 12.4. The predicted molar refractivity (Wildman–Crippen MR) is 136 cm³/mol. The molecule has 8 nitrogen and oxygen atoms in total. The summed E-state index contributed by atoms with van der Waals surface area (Å²) in [6.07, 6.45) is 1.04. The number of ether oxygens (including phenoxy) is 1. The zero-order chi connectivity index (χ0) is 24.6. The van der Waals surface area contributed by atoms with E-state index in [1.807, 2.05) is 39.9 Å². The maximum atomic E-state index is 13.5. The van der Waals surface area contributed by atoms with Gasteiger partial charge in [0.1, 0.15) is 0 Å². The maximum absolute atomic E-state index is 13.5. The summed E-state index contributed by atoms with van der Waals surface area (Å²) in [5.41, 5.74) is 4.60. The van der Waals surface area contributed by atoms with Crippen LogP contribution in [0.3, 0.4) is 0 Å². The second-order valence-corrected chi connectivity index (χ2v) is 10.4. The molecule has 2 saturated heterocycles. The van der Waals surface area contributed by atoms with Gasteiger partial charge in [0, 0.05) is 53.5 Å². The van der Waals surface area contributed by atoms with Crippen molar-refractivity contribution in [2.24, 2.45) is 0 Å². The average molecular weight is 505 g/mol. The SMILES string of the molecule is O=C(c1cccc(-n2nc(C(=O)N3CCOCC3)c3c2-c2ccccc2SC3)c1)N1CCCC(O)C1. The Morgan fingerprint density at radius 2 is 1.83 bits per heavy atom. The molecular formula is C27H28N4O4S. The van der Waals surface area contributed by atoms with E-state index in [4.69, 9.17) is 9.84 Å². The fourth-order valence-electron chi connectivity index (χ4n) is 5.17. The van der Waals surface area contributed by atoms with E-state index in [2.05, 4.69) is 12.1 Å². The molecule has 4 heterocycles. The molecule has 6 rings (SSSR count). The molecule has 1 aromatic heterocycles. The maximum Gasteiger partial charge on any atom is 0.274 e. The monoisotopic (exact) mass is 504 g/mol. The van der Waals surface area contributed by atoms with Crippen LogP contribution in [0.2, 0.25) is 0 Å². The van der Waals surface area contributed by atoms with Gasteiger partial charge in [-0.1, -0.05) is 24.3 Å². The first-order chi connectivity index (χ1) is 17.6. The molecule has 1 atom stereocenters. The van der Waals surface area contributed by atoms with Crippen LogP contribution in [0.1, 0.15) is 39.3 Å². The Morgan fingerprint density at radius 1 is 1.00 bits per heavy atom. The molecule has 0 bridgehead atoms. The van der Waals surface area contributed by atoms with E-state index in [0.29, 0.717) is 56.4 Å². The van der Waals surface area contributed by atoms with Crippen molar-refractivity contribution in [3.05, 3.63) is 65.4 Å². The van der Waals surface area contributed by atoms with Gasteiger partial charge in [0.05, 0.1) is 30.7 Å². The molecular weight excluding hydrogens is 476 g/mol. The quantitative estimate of drug-likeness (QED) is 0.590. The van der Waals surface area contributed by atoms with Crippen LogP contribution in [-0.2, 0) is 10.5 Å². The minimum atomic E-state index is -0.480. The van der Waals surface area contributed by atoms with E-state index in [0.717, 1.165) is 40.2 Å². The van der Waals surface area contributed by atoms with E-state index in [-0.39, 0.29) is 11.8 Å². The lowest BCUT2D eigenvalue weighted by Gasteiger charge is -2.30. The number of fused-ring (bicyclic) bond motifs is 3. The third-order valence-corrected chi connectivity index (χ3v) is 8.12. The Bertz CT molecular complexity index is 1320. The zero-order valence-corrected chi connectivity index (χ0v) is 20.7. The highest BCUT2D eigenvalue weighted by molar-refractivity contribution is 7.98. The number of likely N-dealkylation sites (tertiary alicyclic amines) is 1. The smallest absolute Gasteiger partial charge is 0.274 e. The number of amides is 2. The lowest BCUT2D eigenvalue weighted by atomic mass is 10.0. The first-order valence-corrected chi connectivity index (χ1v) is 13.4. The van der Waals surface area contributed by atoms with Gasteiger partial charge >= 0.3 is 0 Å². The van der Waals surface area contributed by atoms with Gasteiger partial charge in [0.2, 0.25) is 0 Å². The van der Waals surface area contributed by atoms with Crippen molar-refractivity contribution in [1.82, 2.24) is 19.6 Å². The number of β-amino-alcohol motifs (C(OH)–C–C–N with tert-alkyl or cyclic N) is 1. The van der Waals surface area contributed by atoms with Gasteiger partial charge in [-0.05, 0) is 37.1 Å². The van der Waals surface area contributed by atoms with E-state index < -0.39 is 6.10 Å². The first kappa shape index (κ1) is 23.3. The summed E-state index contributed by atoms with van der Waals surface area (Å²) in [7, 11) is 0. The summed E-state index contributed by atoms with van der Waals surface area (Å²) in [5, 5.41) is 14.9. The Balaban J connectivity index is 1.43. The van der Waals surface area contributed by atoms with Gasteiger partial charge in [-0.2, -0.15) is 5.10 Å². The average Bonchev–Trinajstić information content (AvgIpc) is 3.33. The molecule has 2 fully saturated rings. The minimum Gasteiger partial charge on any atom is -0.391 e. The number of aromatic nitrogens is 2. The van der Waals surface area contributed by atoms with Gasteiger partial charge in [-0.25, -0.2) is 4.68 Å². The van der Waals surface area contributed by atoms with Crippen molar-refractivity contribution in [2.45, 2.75) is 29.6 Å². The molecule has 0 spiro atoms. The predicted octanol–water partition coefficient (Wildman–Crippen LogP) is 3.21. The lowest BCUT2D eigenvalue weighted by molar-refractivity contribution is 0.0298. The van der Waals surface area contributed by atoms with Crippen molar-refractivity contribution in [3.8, 4) is 16.9 Å². The van der Waals surface area contributed by atoms with Gasteiger partial charge in [0.15, 0.2) is 5.69 Å². The van der Waals surface area contributed by atoms with Crippen LogP contribution >= 0.6 is 11.8 Å². The number of hydrogen-bond acceptors (Lipinski definition) is 6. The highest BCUT2D eigenvalue weighted by atomic mass is 32.2. The van der Waals surface area contributed by atoms with Crippen molar-refractivity contribution >= 4 is 23.6 Å². The van der Waals surface area contributed by atoms with E-state index >= 15 is 0 Å². The number of nitrogens with zero attached hydrogens (tertiary/aromatic N) is 4. The standard InChI is InChI=1S/C27H28N4O4S/c32-20-7-4-10-30(16-20)26(33)18-5-3-6-19(15-18)31-25-21-8-1-2-9-23(21)36-17-22(25)24(28-31)27(34)29-11-13-35-14-12-29/h1-3,5-6,8-9,15,20,32H,4,7,10-14,16-17H2. The molecule has 36 heavy (non-hydrogen) atoms. The molecule has 2 amide bonds. The number of morpholine rings is 1. The molecule has 0 radical (unpaired) electrons. The summed E-state index contributed by atoms with van der Waals surface area (Å²) in [4.78, 5) is 31.5. The van der Waals surface area contributed by atoms with Gasteiger partial charge in [-0.15, -0.1) is 11.8 Å². The zero-order valence-electron chi connectivity index (χ0n) is 19.9. The molecule has 0 saturated carbocycles. The van der Waals surface area contributed by atoms with E-state index in [9.17, 15) is 14.7 Å². The summed E-state index contributed by atoms with van der Waals surface area (Å²) in [6, 6.07) is 15.6. The fraction of sp³-hybridized carbons (Fsp3) is 0.370. The molecule has 9 heteroatoms. The molecule has 1 N–H and O–H groups in total. The number of thioether (sulfide) groups is 1. The second kappa shape index (κ2) is 9.72. The summed E-state index contributed by atoms with van der Waals surface area (Å²) >= 11 is 1.71. The van der Waals surface area contributed by atoms with Gasteiger partial charge < -0.3 is 19.6 Å². The van der Waals surface area contributed by atoms with Gasteiger partial charge in [0.25, 0.3) is 11.8 Å². The number of piperidine rings is 1. The van der Waals surface area contributed by atoms with Crippen molar-refractivity contribution in [3.63, 3.8) is 0 Å². The largest absolute Gasteiger partial charge is 0.391 e. The third-order valence-electron chi connectivity index (χ3n) is 7.02. The van der Waals surface area contributed by atoms with Crippen LogP contribution in [-0.4, -0.2) is 82.0 Å². The summed E-state index contributed by atoms with van der Waals surface area (Å²) in [5.74, 6) is 0.474. The normalized spacial score (nSPS) is 19.5. The van der Waals surface area contributed by atoms with Crippen LogP contribution in [0.15, 0.2) is 53.4 Å².